The van der Waals surface area contributed by atoms with E-state index in [0.717, 1.165) is 28.5 Å². The second-order valence-electron chi connectivity index (χ2n) is 3.63. The zero-order valence-electron chi connectivity index (χ0n) is 9.45. The van der Waals surface area contributed by atoms with Crippen molar-refractivity contribution < 1.29 is 9.53 Å². The lowest BCUT2D eigenvalue weighted by Gasteiger charge is -2.02. The van der Waals surface area contributed by atoms with E-state index in [1.807, 2.05) is 13.8 Å². The summed E-state index contributed by atoms with van der Waals surface area (Å²) < 4.78 is 5.45. The lowest BCUT2D eigenvalue weighted by molar-refractivity contribution is -0.108. The van der Waals surface area contributed by atoms with E-state index in [-0.39, 0.29) is 0 Å². The Balaban J connectivity index is 2.61. The van der Waals surface area contributed by atoms with Crippen LogP contribution in [0.3, 0.4) is 0 Å². The molecule has 0 aliphatic rings. The first-order valence-electron chi connectivity index (χ1n) is 5.20. The Morgan fingerprint density at radius 2 is 2.33 bits per heavy atom. The minimum atomic E-state index is 0.363. The predicted molar refractivity (Wildman–Crippen MR) is 61.6 cm³/mol. The Morgan fingerprint density at radius 1 is 1.60 bits per heavy atom. The van der Waals surface area contributed by atoms with E-state index in [0.29, 0.717) is 18.9 Å². The third-order valence-corrected chi connectivity index (χ3v) is 3.19. The van der Waals surface area contributed by atoms with Gasteiger partial charge in [0.2, 0.25) is 0 Å². The summed E-state index contributed by atoms with van der Waals surface area (Å²) in [5.74, 6) is 0.363. The highest BCUT2D eigenvalue weighted by Crippen LogP contribution is 2.28. The third kappa shape index (κ3) is 3.63. The summed E-state index contributed by atoms with van der Waals surface area (Å²) in [7, 11) is 0. The molecule has 0 saturated heterocycles. The molecule has 0 aliphatic heterocycles. The molecule has 1 aromatic heterocycles. The molecule has 0 aliphatic carbocycles. The standard InChI is InChI=1S/C11H17NO2S/c1-4-14-11-9(3)12-10(15-11)7-8(2)5-6-13/h6,8H,4-5,7H2,1-3H3. The minimum absolute atomic E-state index is 0.363. The van der Waals surface area contributed by atoms with E-state index in [1.165, 1.54) is 0 Å². The fraction of sp³-hybridized carbons (Fsp3) is 0.636. The van der Waals surface area contributed by atoms with E-state index in [9.17, 15) is 4.79 Å². The average Bonchev–Trinajstić information content (AvgIpc) is 2.48. The summed E-state index contributed by atoms with van der Waals surface area (Å²) in [5.41, 5.74) is 0.954. The highest BCUT2D eigenvalue weighted by molar-refractivity contribution is 7.13. The number of hydrogen-bond donors (Lipinski definition) is 0. The van der Waals surface area contributed by atoms with Crippen LogP contribution in [0.1, 0.15) is 31.0 Å². The first kappa shape index (κ1) is 12.2. The van der Waals surface area contributed by atoms with Crippen LogP contribution in [0.5, 0.6) is 5.06 Å². The van der Waals surface area contributed by atoms with Crippen molar-refractivity contribution in [2.45, 2.75) is 33.6 Å². The molecular formula is C11H17NO2S. The highest BCUT2D eigenvalue weighted by atomic mass is 32.1. The number of aryl methyl sites for hydroxylation is 1. The first-order valence-corrected chi connectivity index (χ1v) is 6.01. The number of thiazole rings is 1. The molecule has 1 aromatic rings. The topological polar surface area (TPSA) is 39.2 Å². The Bertz CT molecular complexity index is 322. The molecule has 1 heterocycles. The van der Waals surface area contributed by atoms with Crippen LogP contribution in [0, 0.1) is 12.8 Å². The van der Waals surface area contributed by atoms with Gasteiger partial charge in [-0.3, -0.25) is 0 Å². The molecular weight excluding hydrogens is 210 g/mol. The second kappa shape index (κ2) is 5.85. The maximum Gasteiger partial charge on any atom is 0.197 e. The van der Waals surface area contributed by atoms with Crippen LogP contribution in [0.15, 0.2) is 0 Å². The fourth-order valence-electron chi connectivity index (χ4n) is 1.33. The van der Waals surface area contributed by atoms with Gasteiger partial charge in [0, 0.05) is 12.8 Å². The molecule has 0 fully saturated rings. The van der Waals surface area contributed by atoms with E-state index >= 15 is 0 Å². The van der Waals surface area contributed by atoms with E-state index < -0.39 is 0 Å². The Hall–Kier alpha value is -0.900. The van der Waals surface area contributed by atoms with Gasteiger partial charge in [-0.1, -0.05) is 18.3 Å². The van der Waals surface area contributed by atoms with Crippen LogP contribution >= 0.6 is 11.3 Å². The molecule has 3 nitrogen and oxygen atoms in total. The summed E-state index contributed by atoms with van der Waals surface area (Å²) in [4.78, 5) is 14.8. The Labute approximate surface area is 94.5 Å². The van der Waals surface area contributed by atoms with Crippen LogP contribution in [-0.2, 0) is 11.2 Å². The van der Waals surface area contributed by atoms with Crippen LogP contribution in [-0.4, -0.2) is 17.9 Å². The normalized spacial score (nSPS) is 12.5. The van der Waals surface area contributed by atoms with Crippen LogP contribution < -0.4 is 4.74 Å². The van der Waals surface area contributed by atoms with Crippen molar-refractivity contribution in [3.8, 4) is 5.06 Å². The van der Waals surface area contributed by atoms with Crippen molar-refractivity contribution >= 4 is 17.6 Å². The second-order valence-corrected chi connectivity index (χ2v) is 4.67. The molecule has 0 bridgehead atoms. The molecule has 4 heteroatoms. The molecule has 0 radical (unpaired) electrons. The number of carbonyl (C=O) groups is 1. The van der Waals surface area contributed by atoms with E-state index in [1.54, 1.807) is 11.3 Å². The first-order chi connectivity index (χ1) is 7.17. The van der Waals surface area contributed by atoms with Gasteiger partial charge < -0.3 is 9.53 Å². The predicted octanol–water partition coefficient (Wildman–Crippen LogP) is 2.62. The molecule has 0 saturated carbocycles. The Kier molecular flexibility index (Phi) is 4.75. The molecule has 1 unspecified atom stereocenters. The summed E-state index contributed by atoms with van der Waals surface area (Å²) in [6.45, 7) is 6.65. The molecule has 1 rings (SSSR count). The number of aromatic nitrogens is 1. The van der Waals surface area contributed by atoms with Crippen molar-refractivity contribution in [3.05, 3.63) is 10.7 Å². The maximum absolute atomic E-state index is 10.3. The number of aldehydes is 1. The van der Waals surface area contributed by atoms with E-state index in [4.69, 9.17) is 4.74 Å². The van der Waals surface area contributed by atoms with Gasteiger partial charge in [0.15, 0.2) is 5.06 Å². The molecule has 0 spiro atoms. The molecule has 1 atom stereocenters. The van der Waals surface area contributed by atoms with Crippen molar-refractivity contribution in [1.29, 1.82) is 0 Å². The summed E-state index contributed by atoms with van der Waals surface area (Å²) in [6, 6.07) is 0. The number of rotatable bonds is 6. The quantitative estimate of drug-likeness (QED) is 0.701. The van der Waals surface area contributed by atoms with Crippen molar-refractivity contribution in [1.82, 2.24) is 4.98 Å². The van der Waals surface area contributed by atoms with Crippen molar-refractivity contribution in [2.24, 2.45) is 5.92 Å². The number of carbonyl (C=O) groups excluding carboxylic acids is 1. The average molecular weight is 227 g/mol. The van der Waals surface area contributed by atoms with Crippen LogP contribution in [0.2, 0.25) is 0 Å². The molecule has 84 valence electrons. The summed E-state index contributed by atoms with van der Waals surface area (Å²) in [6.07, 6.45) is 2.43. The van der Waals surface area contributed by atoms with Gasteiger partial charge in [0.05, 0.1) is 17.3 Å². The fourth-order valence-corrected chi connectivity index (χ4v) is 2.47. The van der Waals surface area contributed by atoms with Crippen LogP contribution in [0.4, 0.5) is 0 Å². The monoisotopic (exact) mass is 227 g/mol. The van der Waals surface area contributed by atoms with Gasteiger partial charge in [-0.05, 0) is 19.8 Å². The van der Waals surface area contributed by atoms with Crippen molar-refractivity contribution in [2.75, 3.05) is 6.61 Å². The highest BCUT2D eigenvalue weighted by Gasteiger charge is 2.11. The van der Waals surface area contributed by atoms with Gasteiger partial charge >= 0.3 is 0 Å². The van der Waals surface area contributed by atoms with Crippen molar-refractivity contribution in [3.63, 3.8) is 0 Å². The lowest BCUT2D eigenvalue weighted by Crippen LogP contribution is -1.99. The van der Waals surface area contributed by atoms with Gasteiger partial charge in [-0.15, -0.1) is 0 Å². The van der Waals surface area contributed by atoms with Gasteiger partial charge in [-0.25, -0.2) is 4.98 Å². The lowest BCUT2D eigenvalue weighted by atomic mass is 10.1. The molecule has 0 N–H and O–H groups in total. The van der Waals surface area contributed by atoms with Crippen LogP contribution in [0.25, 0.3) is 0 Å². The SMILES string of the molecule is CCOc1sc(CC(C)CC=O)nc1C. The summed E-state index contributed by atoms with van der Waals surface area (Å²) in [5, 5.41) is 1.97. The van der Waals surface area contributed by atoms with E-state index in [2.05, 4.69) is 11.9 Å². The number of hydrogen-bond acceptors (Lipinski definition) is 4. The number of nitrogens with zero attached hydrogens (tertiary/aromatic N) is 1. The minimum Gasteiger partial charge on any atom is -0.483 e. The number of ether oxygens (including phenoxy) is 1. The molecule has 15 heavy (non-hydrogen) atoms. The molecule has 0 amide bonds. The Morgan fingerprint density at radius 3 is 2.93 bits per heavy atom. The zero-order valence-corrected chi connectivity index (χ0v) is 10.3. The van der Waals surface area contributed by atoms with Gasteiger partial charge in [-0.2, -0.15) is 0 Å². The summed E-state index contributed by atoms with van der Waals surface area (Å²) >= 11 is 1.59. The zero-order chi connectivity index (χ0) is 11.3. The van der Waals surface area contributed by atoms with Gasteiger partial charge in [0.1, 0.15) is 6.29 Å². The maximum atomic E-state index is 10.3. The molecule has 0 aromatic carbocycles. The smallest absolute Gasteiger partial charge is 0.197 e. The third-order valence-electron chi connectivity index (χ3n) is 2.10. The largest absolute Gasteiger partial charge is 0.483 e. The van der Waals surface area contributed by atoms with Gasteiger partial charge in [0.25, 0.3) is 0 Å².